The third kappa shape index (κ3) is 4.13. The average molecular weight is 308 g/mol. The van der Waals surface area contributed by atoms with Crippen molar-refractivity contribution < 1.29 is 8.42 Å². The highest BCUT2D eigenvalue weighted by Gasteiger charge is 2.06. The van der Waals surface area contributed by atoms with Gasteiger partial charge in [0, 0.05) is 24.8 Å². The van der Waals surface area contributed by atoms with E-state index in [1.165, 1.54) is 17.7 Å². The lowest BCUT2D eigenvalue weighted by atomic mass is 10.1. The van der Waals surface area contributed by atoms with Crippen molar-refractivity contribution in [1.29, 1.82) is 0 Å². The third-order valence-corrected chi connectivity index (χ3v) is 4.42. The van der Waals surface area contributed by atoms with E-state index in [1.807, 2.05) is 24.9 Å². The van der Waals surface area contributed by atoms with Gasteiger partial charge in [0.05, 0.1) is 11.1 Å². The Morgan fingerprint density at radius 1 is 1.29 bits per heavy atom. The molecule has 0 aliphatic rings. The predicted molar refractivity (Wildman–Crippen MR) is 81.2 cm³/mol. The second kappa shape index (κ2) is 6.38. The molecule has 0 fully saturated rings. The van der Waals surface area contributed by atoms with Crippen molar-refractivity contribution in [3.63, 3.8) is 0 Å². The second-order valence-electron chi connectivity index (χ2n) is 4.99. The van der Waals surface area contributed by atoms with Crippen LogP contribution in [0, 0.1) is 6.92 Å². The van der Waals surface area contributed by atoms with Crippen molar-refractivity contribution in [3.8, 4) is 0 Å². The number of nitrogens with two attached hydrogens (primary N) is 1. The smallest absolute Gasteiger partial charge is 0.238 e. The second-order valence-corrected chi connectivity index (χ2v) is 6.56. The molecule has 1 aromatic carbocycles. The van der Waals surface area contributed by atoms with E-state index < -0.39 is 10.0 Å². The first kappa shape index (κ1) is 15.7. The molecule has 3 N–H and O–H groups in total. The maximum absolute atomic E-state index is 11.2. The Labute approximate surface area is 125 Å². The van der Waals surface area contributed by atoms with Crippen LogP contribution in [0.25, 0.3) is 0 Å². The highest BCUT2D eigenvalue weighted by Crippen LogP contribution is 2.09. The van der Waals surface area contributed by atoms with Gasteiger partial charge < -0.3 is 5.32 Å². The van der Waals surface area contributed by atoms with Crippen LogP contribution >= 0.6 is 0 Å². The van der Waals surface area contributed by atoms with E-state index in [4.69, 9.17) is 5.14 Å². The molecule has 0 saturated heterocycles. The first-order chi connectivity index (χ1) is 9.88. The van der Waals surface area contributed by atoms with Crippen LogP contribution in [0.1, 0.15) is 16.8 Å². The molecule has 7 heteroatoms. The molecule has 21 heavy (non-hydrogen) atoms. The zero-order chi connectivity index (χ0) is 15.5. The molecule has 0 spiro atoms. The first-order valence-electron chi connectivity index (χ1n) is 6.68. The fourth-order valence-electron chi connectivity index (χ4n) is 2.02. The minimum absolute atomic E-state index is 0.144. The van der Waals surface area contributed by atoms with Gasteiger partial charge in [-0.05, 0) is 37.6 Å². The number of nitrogens with zero attached hydrogens (tertiary/aromatic N) is 2. The molecular formula is C14H20N4O2S. The van der Waals surface area contributed by atoms with Crippen molar-refractivity contribution in [2.75, 3.05) is 6.54 Å². The number of aryl methyl sites for hydroxylation is 1. The third-order valence-electron chi connectivity index (χ3n) is 3.49. The number of aromatic nitrogens is 2. The molecule has 1 heterocycles. The van der Waals surface area contributed by atoms with Crippen LogP contribution in [0.4, 0.5) is 0 Å². The summed E-state index contributed by atoms with van der Waals surface area (Å²) in [6.45, 7) is 3.62. The molecule has 2 aromatic rings. The lowest BCUT2D eigenvalue weighted by Gasteiger charge is -2.06. The first-order valence-corrected chi connectivity index (χ1v) is 8.22. The molecule has 1 aromatic heterocycles. The van der Waals surface area contributed by atoms with E-state index in [9.17, 15) is 8.42 Å². The maximum Gasteiger partial charge on any atom is 0.238 e. The fourth-order valence-corrected chi connectivity index (χ4v) is 2.53. The summed E-state index contributed by atoms with van der Waals surface area (Å²) in [4.78, 5) is 0.144. The molecule has 114 valence electrons. The highest BCUT2D eigenvalue weighted by molar-refractivity contribution is 7.89. The van der Waals surface area contributed by atoms with Crippen LogP contribution in [0.5, 0.6) is 0 Å². The minimum atomic E-state index is -3.61. The quantitative estimate of drug-likeness (QED) is 0.769. The van der Waals surface area contributed by atoms with Crippen molar-refractivity contribution in [2.24, 2.45) is 12.2 Å². The van der Waals surface area contributed by atoms with Crippen LogP contribution in [-0.2, 0) is 30.0 Å². The van der Waals surface area contributed by atoms with Crippen molar-refractivity contribution in [1.82, 2.24) is 15.1 Å². The Kier molecular flexibility index (Phi) is 4.76. The summed E-state index contributed by atoms with van der Waals surface area (Å²) >= 11 is 0. The maximum atomic E-state index is 11.2. The lowest BCUT2D eigenvalue weighted by molar-refractivity contribution is 0.597. The number of benzene rings is 1. The molecular weight excluding hydrogens is 288 g/mol. The zero-order valence-corrected chi connectivity index (χ0v) is 13.0. The number of sulfonamides is 1. The molecule has 0 unspecified atom stereocenters. The summed E-state index contributed by atoms with van der Waals surface area (Å²) in [5.41, 5.74) is 3.40. The van der Waals surface area contributed by atoms with Crippen molar-refractivity contribution in [2.45, 2.75) is 24.8 Å². The molecule has 0 amide bonds. The summed E-state index contributed by atoms with van der Waals surface area (Å²) in [5, 5.41) is 12.6. The summed E-state index contributed by atoms with van der Waals surface area (Å²) in [6, 6.07) is 6.65. The number of primary sulfonamides is 1. The summed E-state index contributed by atoms with van der Waals surface area (Å²) in [6.07, 6.45) is 2.69. The number of hydrogen-bond acceptors (Lipinski definition) is 4. The number of nitrogens with one attached hydrogen (secondary N) is 1. The summed E-state index contributed by atoms with van der Waals surface area (Å²) in [7, 11) is -1.69. The molecule has 6 nitrogen and oxygen atoms in total. The van der Waals surface area contributed by atoms with Gasteiger partial charge in [-0.1, -0.05) is 12.1 Å². The van der Waals surface area contributed by atoms with E-state index in [0.717, 1.165) is 30.8 Å². The largest absolute Gasteiger partial charge is 0.312 e. The molecule has 0 aliphatic heterocycles. The Hall–Kier alpha value is -1.70. The molecule has 0 bridgehead atoms. The Morgan fingerprint density at radius 3 is 2.48 bits per heavy atom. The van der Waals surface area contributed by atoms with Crippen molar-refractivity contribution >= 4 is 10.0 Å². The van der Waals surface area contributed by atoms with Gasteiger partial charge in [-0.3, -0.25) is 4.68 Å². The number of hydrogen-bond donors (Lipinski definition) is 2. The van der Waals surface area contributed by atoms with Crippen molar-refractivity contribution in [3.05, 3.63) is 47.3 Å². The van der Waals surface area contributed by atoms with E-state index in [2.05, 4.69) is 10.4 Å². The van der Waals surface area contributed by atoms with Gasteiger partial charge in [-0.25, -0.2) is 13.6 Å². The fraction of sp³-hybridized carbons (Fsp3) is 0.357. The number of rotatable bonds is 6. The Morgan fingerprint density at radius 2 is 1.95 bits per heavy atom. The van der Waals surface area contributed by atoms with Gasteiger partial charge in [0.25, 0.3) is 0 Å². The average Bonchev–Trinajstić information content (AvgIpc) is 2.75. The summed E-state index contributed by atoms with van der Waals surface area (Å²) < 4.78 is 24.2. The van der Waals surface area contributed by atoms with E-state index in [-0.39, 0.29) is 4.90 Å². The zero-order valence-electron chi connectivity index (χ0n) is 12.2. The van der Waals surface area contributed by atoms with E-state index in [1.54, 1.807) is 12.1 Å². The normalized spacial score (nSPS) is 11.8. The molecule has 0 atom stereocenters. The highest BCUT2D eigenvalue weighted by atomic mass is 32.2. The Bertz CT molecular complexity index is 705. The van der Waals surface area contributed by atoms with Crippen LogP contribution in [0.15, 0.2) is 35.4 Å². The minimum Gasteiger partial charge on any atom is -0.312 e. The van der Waals surface area contributed by atoms with E-state index in [0.29, 0.717) is 0 Å². The van der Waals surface area contributed by atoms with Crippen LogP contribution in [0.3, 0.4) is 0 Å². The molecule has 2 rings (SSSR count). The Balaban J connectivity index is 1.83. The monoisotopic (exact) mass is 308 g/mol. The van der Waals surface area contributed by atoms with Gasteiger partial charge in [-0.2, -0.15) is 5.10 Å². The van der Waals surface area contributed by atoms with Crippen LogP contribution in [-0.4, -0.2) is 24.7 Å². The molecule has 0 saturated carbocycles. The lowest BCUT2D eigenvalue weighted by Crippen LogP contribution is -2.17. The topological polar surface area (TPSA) is 90.0 Å². The molecule has 0 aliphatic carbocycles. The predicted octanol–water partition coefficient (Wildman–Crippen LogP) is 0.708. The van der Waals surface area contributed by atoms with Gasteiger partial charge in [0.1, 0.15) is 0 Å². The SMILES string of the molecule is Cc1c(CNCCc2ccc(S(N)(=O)=O)cc2)cnn1C. The van der Waals surface area contributed by atoms with Gasteiger partial charge in [-0.15, -0.1) is 0 Å². The van der Waals surface area contributed by atoms with E-state index >= 15 is 0 Å². The van der Waals surface area contributed by atoms with Crippen LogP contribution < -0.4 is 10.5 Å². The van der Waals surface area contributed by atoms with Gasteiger partial charge in [0.15, 0.2) is 0 Å². The summed E-state index contributed by atoms with van der Waals surface area (Å²) in [5.74, 6) is 0. The molecule has 0 radical (unpaired) electrons. The van der Waals surface area contributed by atoms with Gasteiger partial charge in [0.2, 0.25) is 10.0 Å². The standard InChI is InChI=1S/C14H20N4O2S/c1-11-13(10-17-18(11)2)9-16-8-7-12-3-5-14(6-4-12)21(15,19)20/h3-6,10,16H,7-9H2,1-2H3,(H2,15,19,20). The van der Waals surface area contributed by atoms with Crippen LogP contribution in [0.2, 0.25) is 0 Å². The van der Waals surface area contributed by atoms with Gasteiger partial charge >= 0.3 is 0 Å².